The minimum Gasteiger partial charge on any atom is -0.382 e. The summed E-state index contributed by atoms with van der Waals surface area (Å²) in [5.41, 5.74) is 2.44. The molecule has 0 aliphatic carbocycles. The Bertz CT molecular complexity index is 974. The Kier molecular flexibility index (Phi) is 6.23. The quantitative estimate of drug-likeness (QED) is 0.596. The Labute approximate surface area is 181 Å². The third-order valence-corrected chi connectivity index (χ3v) is 6.27. The van der Waals surface area contributed by atoms with Crippen LogP contribution in [0.25, 0.3) is 11.1 Å². The molecular formula is C24H23Cl2NO2. The van der Waals surface area contributed by atoms with Crippen LogP contribution in [0.15, 0.2) is 72.8 Å². The SMILES string of the molecule is OC(Cc1ccccc1-c1cccc(Cl)c1Cl)(c1ccccc1)C1CNCCO1. The zero-order valence-electron chi connectivity index (χ0n) is 15.9. The van der Waals surface area contributed by atoms with E-state index in [2.05, 4.69) is 5.32 Å². The van der Waals surface area contributed by atoms with Gasteiger partial charge in [-0.3, -0.25) is 0 Å². The first kappa shape index (κ1) is 20.4. The number of hydrogen-bond donors (Lipinski definition) is 2. The van der Waals surface area contributed by atoms with Crippen LogP contribution in [0.1, 0.15) is 11.1 Å². The van der Waals surface area contributed by atoms with Crippen LogP contribution in [0.3, 0.4) is 0 Å². The number of rotatable bonds is 5. The molecule has 0 radical (unpaired) electrons. The van der Waals surface area contributed by atoms with E-state index >= 15 is 0 Å². The number of benzene rings is 3. The highest BCUT2D eigenvalue weighted by atomic mass is 35.5. The van der Waals surface area contributed by atoms with Crippen LogP contribution in [-0.2, 0) is 16.8 Å². The van der Waals surface area contributed by atoms with Crippen molar-refractivity contribution in [2.24, 2.45) is 0 Å². The molecule has 2 atom stereocenters. The molecule has 4 rings (SSSR count). The van der Waals surface area contributed by atoms with Crippen LogP contribution in [-0.4, -0.2) is 30.9 Å². The highest BCUT2D eigenvalue weighted by molar-refractivity contribution is 6.43. The minimum absolute atomic E-state index is 0.360. The summed E-state index contributed by atoms with van der Waals surface area (Å²) in [6.07, 6.45) is 0.0316. The molecule has 1 heterocycles. The third-order valence-electron chi connectivity index (χ3n) is 5.45. The predicted octanol–water partition coefficient (Wildman–Crippen LogP) is 5.08. The van der Waals surface area contributed by atoms with Crippen LogP contribution >= 0.6 is 23.2 Å². The predicted molar refractivity (Wildman–Crippen MR) is 119 cm³/mol. The Morgan fingerprint density at radius 2 is 1.66 bits per heavy atom. The summed E-state index contributed by atoms with van der Waals surface area (Å²) in [7, 11) is 0. The van der Waals surface area contributed by atoms with Gasteiger partial charge in [-0.05, 0) is 22.8 Å². The molecule has 0 bridgehead atoms. The van der Waals surface area contributed by atoms with E-state index in [1.807, 2.05) is 66.7 Å². The molecule has 2 N–H and O–H groups in total. The van der Waals surface area contributed by atoms with Crippen molar-refractivity contribution >= 4 is 23.2 Å². The molecule has 3 aromatic rings. The first-order valence-corrected chi connectivity index (χ1v) is 10.5. The van der Waals surface area contributed by atoms with Gasteiger partial charge in [-0.2, -0.15) is 0 Å². The summed E-state index contributed by atoms with van der Waals surface area (Å²) in [4.78, 5) is 0. The van der Waals surface area contributed by atoms with E-state index in [1.165, 1.54) is 0 Å². The van der Waals surface area contributed by atoms with Crippen molar-refractivity contribution < 1.29 is 9.84 Å². The molecule has 1 aliphatic rings. The smallest absolute Gasteiger partial charge is 0.121 e. The van der Waals surface area contributed by atoms with Gasteiger partial charge in [0.05, 0.1) is 16.7 Å². The van der Waals surface area contributed by atoms with Gasteiger partial charge in [0.1, 0.15) is 11.7 Å². The molecule has 0 aromatic heterocycles. The van der Waals surface area contributed by atoms with Crippen molar-refractivity contribution in [1.29, 1.82) is 0 Å². The van der Waals surface area contributed by atoms with Gasteiger partial charge >= 0.3 is 0 Å². The first-order valence-electron chi connectivity index (χ1n) is 9.72. The molecule has 5 heteroatoms. The van der Waals surface area contributed by atoms with Crippen LogP contribution in [0.4, 0.5) is 0 Å². The average Bonchev–Trinajstić information content (AvgIpc) is 2.77. The number of morpholine rings is 1. The van der Waals surface area contributed by atoms with Crippen molar-refractivity contribution in [3.05, 3.63) is 94.0 Å². The lowest BCUT2D eigenvalue weighted by Gasteiger charge is -2.39. The lowest BCUT2D eigenvalue weighted by atomic mass is 9.80. The van der Waals surface area contributed by atoms with E-state index in [4.69, 9.17) is 27.9 Å². The van der Waals surface area contributed by atoms with Gasteiger partial charge in [0, 0.05) is 25.1 Å². The molecule has 2 unspecified atom stereocenters. The largest absolute Gasteiger partial charge is 0.382 e. The van der Waals surface area contributed by atoms with Gasteiger partial charge < -0.3 is 15.2 Å². The van der Waals surface area contributed by atoms with Crippen molar-refractivity contribution in [2.75, 3.05) is 19.7 Å². The summed E-state index contributed by atoms with van der Waals surface area (Å²) < 4.78 is 6.00. The molecule has 0 amide bonds. The molecule has 3 aromatic carbocycles. The Hall–Kier alpha value is -1.88. The van der Waals surface area contributed by atoms with Gasteiger partial charge in [0.15, 0.2) is 0 Å². The van der Waals surface area contributed by atoms with E-state index in [-0.39, 0.29) is 6.10 Å². The minimum atomic E-state index is -1.18. The summed E-state index contributed by atoms with van der Waals surface area (Å²) in [6, 6.07) is 23.3. The van der Waals surface area contributed by atoms with Crippen molar-refractivity contribution in [3.63, 3.8) is 0 Å². The highest BCUT2D eigenvalue weighted by Crippen LogP contribution is 2.39. The zero-order chi connectivity index (χ0) is 20.3. The second-order valence-electron chi connectivity index (χ2n) is 7.29. The van der Waals surface area contributed by atoms with Crippen molar-refractivity contribution in [1.82, 2.24) is 5.32 Å². The number of aliphatic hydroxyl groups is 1. The molecule has 1 saturated heterocycles. The summed E-state index contributed by atoms with van der Waals surface area (Å²) >= 11 is 12.8. The fourth-order valence-corrected chi connectivity index (χ4v) is 4.34. The van der Waals surface area contributed by atoms with Gasteiger partial charge in [-0.1, -0.05) is 89.9 Å². The van der Waals surface area contributed by atoms with Crippen molar-refractivity contribution in [3.8, 4) is 11.1 Å². The number of hydrogen-bond acceptors (Lipinski definition) is 3. The van der Waals surface area contributed by atoms with E-state index in [1.54, 1.807) is 6.07 Å². The fourth-order valence-electron chi connectivity index (χ4n) is 3.94. The Morgan fingerprint density at radius 3 is 2.41 bits per heavy atom. The monoisotopic (exact) mass is 427 g/mol. The summed E-state index contributed by atoms with van der Waals surface area (Å²) in [5.74, 6) is 0. The topological polar surface area (TPSA) is 41.5 Å². The van der Waals surface area contributed by atoms with E-state index in [9.17, 15) is 5.11 Å². The average molecular weight is 428 g/mol. The third kappa shape index (κ3) is 4.20. The van der Waals surface area contributed by atoms with Crippen LogP contribution in [0.5, 0.6) is 0 Å². The normalized spacial score (nSPS) is 18.9. The van der Waals surface area contributed by atoms with E-state index in [0.29, 0.717) is 29.6 Å². The number of nitrogens with one attached hydrogen (secondary N) is 1. The lowest BCUT2D eigenvalue weighted by molar-refractivity contribution is -0.124. The maximum absolute atomic E-state index is 11.9. The van der Waals surface area contributed by atoms with E-state index < -0.39 is 5.60 Å². The maximum atomic E-state index is 11.9. The Morgan fingerprint density at radius 1 is 0.931 bits per heavy atom. The maximum Gasteiger partial charge on any atom is 0.121 e. The molecular weight excluding hydrogens is 405 g/mol. The van der Waals surface area contributed by atoms with E-state index in [0.717, 1.165) is 28.8 Å². The lowest BCUT2D eigenvalue weighted by Crippen LogP contribution is -2.52. The van der Waals surface area contributed by atoms with Gasteiger partial charge in [-0.15, -0.1) is 0 Å². The molecule has 0 saturated carbocycles. The molecule has 3 nitrogen and oxygen atoms in total. The number of halogens is 2. The summed E-state index contributed by atoms with van der Waals surface area (Å²) in [6.45, 7) is 1.95. The van der Waals surface area contributed by atoms with Crippen LogP contribution < -0.4 is 5.32 Å². The number of ether oxygens (including phenoxy) is 1. The standard InChI is InChI=1S/C24H23Cl2NO2/c25-21-12-6-11-20(23(21)26)19-10-5-4-7-17(19)15-24(28,18-8-2-1-3-9-18)22-16-27-13-14-29-22/h1-12,22,27-28H,13-16H2. The zero-order valence-corrected chi connectivity index (χ0v) is 17.5. The molecule has 1 aliphatic heterocycles. The van der Waals surface area contributed by atoms with Gasteiger partial charge in [-0.25, -0.2) is 0 Å². The highest BCUT2D eigenvalue weighted by Gasteiger charge is 2.41. The molecule has 0 spiro atoms. The second kappa shape index (κ2) is 8.86. The molecule has 1 fully saturated rings. The first-order chi connectivity index (χ1) is 14.1. The second-order valence-corrected chi connectivity index (χ2v) is 8.07. The van der Waals surface area contributed by atoms with Gasteiger partial charge in [0.2, 0.25) is 0 Å². The van der Waals surface area contributed by atoms with Gasteiger partial charge in [0.25, 0.3) is 0 Å². The fraction of sp³-hybridized carbons (Fsp3) is 0.250. The Balaban J connectivity index is 1.79. The summed E-state index contributed by atoms with van der Waals surface area (Å²) in [5, 5.41) is 16.3. The van der Waals surface area contributed by atoms with Crippen LogP contribution in [0, 0.1) is 0 Å². The molecule has 29 heavy (non-hydrogen) atoms. The molecule has 150 valence electrons. The van der Waals surface area contributed by atoms with Crippen LogP contribution in [0.2, 0.25) is 10.0 Å². The van der Waals surface area contributed by atoms with Crippen molar-refractivity contribution in [2.45, 2.75) is 18.1 Å².